The Bertz CT molecular complexity index is 434. The molecule has 20 heavy (non-hydrogen) atoms. The van der Waals surface area contributed by atoms with Crippen LogP contribution < -0.4 is 15.8 Å². The quantitative estimate of drug-likeness (QED) is 0.775. The second kappa shape index (κ2) is 8.82. The van der Waals surface area contributed by atoms with Crippen LogP contribution in [0.15, 0.2) is 18.2 Å². The Morgan fingerprint density at radius 1 is 1.40 bits per heavy atom. The van der Waals surface area contributed by atoms with E-state index in [1.54, 1.807) is 6.07 Å². The molecule has 0 aromatic heterocycles. The number of nitrogens with one attached hydrogen (secondary N) is 1. The van der Waals surface area contributed by atoms with E-state index in [2.05, 4.69) is 5.32 Å². The topological polar surface area (TPSA) is 64.3 Å². The third-order valence-corrected chi connectivity index (χ3v) is 3.43. The van der Waals surface area contributed by atoms with E-state index in [4.69, 9.17) is 22.1 Å². The van der Waals surface area contributed by atoms with Gasteiger partial charge in [-0.3, -0.25) is 4.79 Å². The summed E-state index contributed by atoms with van der Waals surface area (Å²) in [5.74, 6) is 0.396. The van der Waals surface area contributed by atoms with Gasteiger partial charge in [-0.05, 0) is 43.5 Å². The van der Waals surface area contributed by atoms with Gasteiger partial charge in [0.05, 0.1) is 5.02 Å². The summed E-state index contributed by atoms with van der Waals surface area (Å²) in [6.45, 7) is 4.64. The van der Waals surface area contributed by atoms with Crippen LogP contribution in [-0.2, 0) is 11.2 Å². The summed E-state index contributed by atoms with van der Waals surface area (Å²) in [6.07, 6.45) is 2.60. The lowest BCUT2D eigenvalue weighted by Gasteiger charge is -2.15. The molecular weight excluding hydrogens is 276 g/mol. The summed E-state index contributed by atoms with van der Waals surface area (Å²) in [7, 11) is 0. The first-order valence-electron chi connectivity index (χ1n) is 7.01. The number of hydrogen-bond acceptors (Lipinski definition) is 3. The summed E-state index contributed by atoms with van der Waals surface area (Å²) in [5.41, 5.74) is 6.55. The molecule has 1 rings (SSSR count). The van der Waals surface area contributed by atoms with Crippen LogP contribution >= 0.6 is 11.6 Å². The minimum atomic E-state index is -0.124. The number of nitrogens with two attached hydrogens (primary N) is 1. The Kier molecular flexibility index (Phi) is 7.41. The molecule has 0 heterocycles. The maximum Gasteiger partial charge on any atom is 0.258 e. The van der Waals surface area contributed by atoms with Gasteiger partial charge in [-0.25, -0.2) is 0 Å². The van der Waals surface area contributed by atoms with Gasteiger partial charge in [0, 0.05) is 6.04 Å². The number of benzene rings is 1. The highest BCUT2D eigenvalue weighted by molar-refractivity contribution is 6.32. The predicted octanol–water partition coefficient (Wildman–Crippen LogP) is 2.52. The Morgan fingerprint density at radius 2 is 2.10 bits per heavy atom. The van der Waals surface area contributed by atoms with E-state index >= 15 is 0 Å². The van der Waals surface area contributed by atoms with Crippen LogP contribution in [0.3, 0.4) is 0 Å². The highest BCUT2D eigenvalue weighted by atomic mass is 35.5. The highest BCUT2D eigenvalue weighted by Gasteiger charge is 2.10. The smallest absolute Gasteiger partial charge is 0.258 e. The monoisotopic (exact) mass is 298 g/mol. The number of ether oxygens (including phenoxy) is 1. The van der Waals surface area contributed by atoms with Gasteiger partial charge in [0.2, 0.25) is 0 Å². The molecule has 0 fully saturated rings. The lowest BCUT2D eigenvalue weighted by molar-refractivity contribution is -0.123. The molecule has 1 aromatic rings. The van der Waals surface area contributed by atoms with E-state index in [0.717, 1.165) is 24.8 Å². The van der Waals surface area contributed by atoms with Crippen LogP contribution in [-0.4, -0.2) is 25.1 Å². The molecule has 0 unspecified atom stereocenters. The van der Waals surface area contributed by atoms with Gasteiger partial charge in [-0.1, -0.05) is 31.5 Å². The lowest BCUT2D eigenvalue weighted by atomic mass is 10.1. The second-order valence-corrected chi connectivity index (χ2v) is 5.08. The molecule has 0 aliphatic rings. The first-order chi connectivity index (χ1) is 9.60. The zero-order valence-electron chi connectivity index (χ0n) is 12.1. The molecular formula is C15H23ClN2O2. The van der Waals surface area contributed by atoms with Gasteiger partial charge in [-0.2, -0.15) is 0 Å². The third kappa shape index (κ3) is 5.39. The van der Waals surface area contributed by atoms with E-state index < -0.39 is 0 Å². The standard InChI is InChI=1S/C15H23ClN2O2/c1-3-12(4-2)18-15(19)10-20-14-6-5-11(7-8-17)9-13(14)16/h5-6,9,12H,3-4,7-8,10,17H2,1-2H3,(H,18,19). The van der Waals surface area contributed by atoms with Gasteiger partial charge >= 0.3 is 0 Å². The maximum atomic E-state index is 11.7. The largest absolute Gasteiger partial charge is 0.482 e. The number of hydrogen-bond donors (Lipinski definition) is 2. The fraction of sp³-hybridized carbons (Fsp3) is 0.533. The third-order valence-electron chi connectivity index (χ3n) is 3.14. The fourth-order valence-electron chi connectivity index (χ4n) is 1.89. The number of amides is 1. The average Bonchev–Trinajstić information content (AvgIpc) is 2.44. The number of carbonyl (C=O) groups excluding carboxylic acids is 1. The fourth-order valence-corrected chi connectivity index (χ4v) is 2.15. The second-order valence-electron chi connectivity index (χ2n) is 4.67. The van der Waals surface area contributed by atoms with Crippen LogP contribution in [0, 0.1) is 0 Å². The van der Waals surface area contributed by atoms with Crippen LogP contribution in [0.4, 0.5) is 0 Å². The Morgan fingerprint density at radius 3 is 2.65 bits per heavy atom. The predicted molar refractivity (Wildman–Crippen MR) is 82.2 cm³/mol. The lowest BCUT2D eigenvalue weighted by Crippen LogP contribution is -2.37. The molecule has 0 aliphatic heterocycles. The molecule has 0 saturated carbocycles. The minimum Gasteiger partial charge on any atom is -0.482 e. The molecule has 4 nitrogen and oxygen atoms in total. The summed E-state index contributed by atoms with van der Waals surface area (Å²) in [4.78, 5) is 11.7. The molecule has 0 saturated heterocycles. The van der Waals surface area contributed by atoms with Crippen LogP contribution in [0.1, 0.15) is 32.3 Å². The number of carbonyl (C=O) groups is 1. The molecule has 0 atom stereocenters. The average molecular weight is 299 g/mol. The van der Waals surface area contributed by atoms with Gasteiger partial charge in [0.1, 0.15) is 5.75 Å². The van der Waals surface area contributed by atoms with Crippen molar-refractivity contribution in [2.45, 2.75) is 39.2 Å². The molecule has 0 spiro atoms. The van der Waals surface area contributed by atoms with Crippen molar-refractivity contribution in [3.05, 3.63) is 28.8 Å². The summed E-state index contributed by atoms with van der Waals surface area (Å²) in [6, 6.07) is 5.71. The molecule has 1 amide bonds. The van der Waals surface area contributed by atoms with E-state index in [-0.39, 0.29) is 18.6 Å². The van der Waals surface area contributed by atoms with Crippen molar-refractivity contribution in [2.24, 2.45) is 5.73 Å². The molecule has 112 valence electrons. The highest BCUT2D eigenvalue weighted by Crippen LogP contribution is 2.25. The van der Waals surface area contributed by atoms with Crippen molar-refractivity contribution in [1.29, 1.82) is 0 Å². The van der Waals surface area contributed by atoms with Crippen molar-refractivity contribution in [3.63, 3.8) is 0 Å². The minimum absolute atomic E-state index is 0.0214. The van der Waals surface area contributed by atoms with Crippen LogP contribution in [0.5, 0.6) is 5.75 Å². The van der Waals surface area contributed by atoms with Gasteiger partial charge in [0.25, 0.3) is 5.91 Å². The van der Waals surface area contributed by atoms with Crippen LogP contribution in [0.25, 0.3) is 0 Å². The van der Waals surface area contributed by atoms with E-state index in [1.807, 2.05) is 26.0 Å². The molecule has 0 radical (unpaired) electrons. The number of halogens is 1. The molecule has 0 aliphatic carbocycles. The molecule has 0 bridgehead atoms. The summed E-state index contributed by atoms with van der Waals surface area (Å²) >= 11 is 6.11. The van der Waals surface area contributed by atoms with Crippen molar-refractivity contribution in [2.75, 3.05) is 13.2 Å². The SMILES string of the molecule is CCC(CC)NC(=O)COc1ccc(CCN)cc1Cl. The Labute approximate surface area is 125 Å². The first-order valence-corrected chi connectivity index (χ1v) is 7.39. The zero-order valence-corrected chi connectivity index (χ0v) is 12.9. The van der Waals surface area contributed by atoms with Crippen molar-refractivity contribution < 1.29 is 9.53 Å². The van der Waals surface area contributed by atoms with E-state index in [1.165, 1.54) is 0 Å². The number of rotatable bonds is 8. The normalized spacial score (nSPS) is 10.7. The Balaban J connectivity index is 2.51. The molecule has 1 aromatic carbocycles. The van der Waals surface area contributed by atoms with Crippen LogP contribution in [0.2, 0.25) is 5.02 Å². The van der Waals surface area contributed by atoms with Gasteiger partial charge < -0.3 is 15.8 Å². The molecule has 5 heteroatoms. The Hall–Kier alpha value is -1.26. The summed E-state index contributed by atoms with van der Waals surface area (Å²) in [5, 5.41) is 3.42. The molecule has 3 N–H and O–H groups in total. The van der Waals surface area contributed by atoms with Crippen molar-refractivity contribution in [1.82, 2.24) is 5.32 Å². The van der Waals surface area contributed by atoms with Crippen molar-refractivity contribution >= 4 is 17.5 Å². The van der Waals surface area contributed by atoms with Crippen molar-refractivity contribution in [3.8, 4) is 5.75 Å². The first kappa shape index (κ1) is 16.8. The van der Waals surface area contributed by atoms with Gasteiger partial charge in [-0.15, -0.1) is 0 Å². The maximum absolute atomic E-state index is 11.7. The zero-order chi connectivity index (χ0) is 15.0. The van der Waals surface area contributed by atoms with Gasteiger partial charge in [0.15, 0.2) is 6.61 Å². The van der Waals surface area contributed by atoms with E-state index in [9.17, 15) is 4.79 Å². The summed E-state index contributed by atoms with van der Waals surface area (Å²) < 4.78 is 5.45. The van der Waals surface area contributed by atoms with E-state index in [0.29, 0.717) is 17.3 Å².